The molecule has 0 aromatic heterocycles. The summed E-state index contributed by atoms with van der Waals surface area (Å²) < 4.78 is 0. The van der Waals surface area contributed by atoms with Crippen molar-refractivity contribution in [2.24, 2.45) is 0 Å². The van der Waals surface area contributed by atoms with Gasteiger partial charge in [0.15, 0.2) is 0 Å². The molecule has 0 amide bonds. The monoisotopic (exact) mass is 348 g/mol. The fourth-order valence-corrected chi connectivity index (χ4v) is 3.86. The Labute approximate surface area is 159 Å². The molecule has 1 heterocycles. The molecule has 0 spiro atoms. The maximum Gasteiger partial charge on any atom is 0.0212 e. The smallest absolute Gasteiger partial charge is 0.0212 e. The quantitative estimate of drug-likeness (QED) is 0.799. The van der Waals surface area contributed by atoms with Gasteiger partial charge in [0.2, 0.25) is 0 Å². The van der Waals surface area contributed by atoms with Crippen LogP contribution in [0, 0.1) is 0 Å². The van der Waals surface area contributed by atoms with Crippen molar-refractivity contribution in [3.8, 4) is 0 Å². The van der Waals surface area contributed by atoms with E-state index >= 15 is 0 Å². The second kappa shape index (κ2) is 10.2. The summed E-state index contributed by atoms with van der Waals surface area (Å²) in [7, 11) is 0. The Morgan fingerprint density at radius 1 is 0.769 bits per heavy atom. The molecule has 0 saturated carbocycles. The van der Waals surface area contributed by atoms with Gasteiger partial charge in [-0.05, 0) is 68.1 Å². The zero-order chi connectivity index (χ0) is 18.0. The van der Waals surface area contributed by atoms with Crippen molar-refractivity contribution in [1.29, 1.82) is 0 Å². The Hall–Kier alpha value is -2.06. The average molecular weight is 349 g/mol. The van der Waals surface area contributed by atoms with E-state index in [0.717, 1.165) is 32.5 Å². The van der Waals surface area contributed by atoms with Crippen LogP contribution >= 0.6 is 0 Å². The lowest BCUT2D eigenvalue weighted by Gasteiger charge is -2.27. The highest BCUT2D eigenvalue weighted by molar-refractivity contribution is 5.27. The van der Waals surface area contributed by atoms with Gasteiger partial charge in [-0.25, -0.2) is 0 Å². The second-order valence-electron chi connectivity index (χ2n) is 7.27. The van der Waals surface area contributed by atoms with E-state index in [4.69, 9.17) is 0 Å². The third-order valence-electron chi connectivity index (χ3n) is 5.44. The Balaban J connectivity index is 1.63. The molecule has 2 heteroatoms. The van der Waals surface area contributed by atoms with Crippen LogP contribution in [0.3, 0.4) is 0 Å². The first-order valence-corrected chi connectivity index (χ1v) is 10.0. The van der Waals surface area contributed by atoms with E-state index in [1.165, 1.54) is 49.0 Å². The van der Waals surface area contributed by atoms with Gasteiger partial charge in [-0.3, -0.25) is 0 Å². The number of nitrogens with zero attached hydrogens (tertiary/aromatic N) is 2. The van der Waals surface area contributed by atoms with Gasteiger partial charge in [-0.15, -0.1) is 0 Å². The number of rotatable bonds is 4. The van der Waals surface area contributed by atoms with Crippen LogP contribution in [0.15, 0.2) is 67.4 Å². The SMILES string of the molecule is C=CN1CCCN(CCc2ccccc2)CCCc2ccccc2CC1. The highest BCUT2D eigenvalue weighted by Gasteiger charge is 2.10. The number of fused-ring (bicyclic) bond motifs is 1. The molecule has 3 rings (SSSR count). The number of hydrogen-bond donors (Lipinski definition) is 0. The van der Waals surface area contributed by atoms with Crippen molar-refractivity contribution in [3.63, 3.8) is 0 Å². The molecule has 138 valence electrons. The average Bonchev–Trinajstić information content (AvgIpc) is 2.68. The predicted octanol–water partition coefficient (Wildman–Crippen LogP) is 4.56. The van der Waals surface area contributed by atoms with E-state index < -0.39 is 0 Å². The molecule has 1 aliphatic rings. The minimum absolute atomic E-state index is 1.07. The molecule has 0 bridgehead atoms. The van der Waals surface area contributed by atoms with E-state index in [9.17, 15) is 0 Å². The summed E-state index contributed by atoms with van der Waals surface area (Å²) in [6.45, 7) is 9.72. The molecule has 0 saturated heterocycles. The van der Waals surface area contributed by atoms with Gasteiger partial charge < -0.3 is 9.80 Å². The van der Waals surface area contributed by atoms with Gasteiger partial charge in [0.05, 0.1) is 0 Å². The van der Waals surface area contributed by atoms with Crippen molar-refractivity contribution in [2.45, 2.75) is 32.1 Å². The topological polar surface area (TPSA) is 6.48 Å². The largest absolute Gasteiger partial charge is 0.378 e. The Morgan fingerprint density at radius 3 is 2.23 bits per heavy atom. The van der Waals surface area contributed by atoms with Gasteiger partial charge in [-0.1, -0.05) is 61.2 Å². The number of benzene rings is 2. The van der Waals surface area contributed by atoms with Crippen LogP contribution in [0.5, 0.6) is 0 Å². The van der Waals surface area contributed by atoms with Crippen molar-refractivity contribution in [3.05, 3.63) is 84.1 Å². The summed E-state index contributed by atoms with van der Waals surface area (Å²) in [4.78, 5) is 5.03. The number of aryl methyl sites for hydroxylation is 1. The highest BCUT2D eigenvalue weighted by Crippen LogP contribution is 2.14. The first kappa shape index (κ1) is 18.7. The van der Waals surface area contributed by atoms with E-state index in [-0.39, 0.29) is 0 Å². The third-order valence-corrected chi connectivity index (χ3v) is 5.44. The first-order valence-electron chi connectivity index (χ1n) is 10.0. The van der Waals surface area contributed by atoms with Crippen molar-refractivity contribution < 1.29 is 0 Å². The normalized spacial score (nSPS) is 17.0. The molecular formula is C24H32N2. The zero-order valence-corrected chi connectivity index (χ0v) is 15.9. The third kappa shape index (κ3) is 5.74. The van der Waals surface area contributed by atoms with Crippen LogP contribution in [0.4, 0.5) is 0 Å². The predicted molar refractivity (Wildman–Crippen MR) is 111 cm³/mol. The maximum atomic E-state index is 4.02. The van der Waals surface area contributed by atoms with Gasteiger partial charge in [0, 0.05) is 19.6 Å². The molecule has 0 radical (unpaired) electrons. The lowest BCUT2D eigenvalue weighted by atomic mass is 9.99. The lowest BCUT2D eigenvalue weighted by molar-refractivity contribution is 0.251. The molecule has 2 aromatic carbocycles. The van der Waals surface area contributed by atoms with Gasteiger partial charge >= 0.3 is 0 Å². The molecule has 0 fully saturated rings. The van der Waals surface area contributed by atoms with E-state index in [1.54, 1.807) is 0 Å². The Morgan fingerprint density at radius 2 is 1.46 bits per heavy atom. The lowest BCUT2D eigenvalue weighted by Crippen LogP contribution is -2.32. The second-order valence-corrected chi connectivity index (χ2v) is 7.27. The van der Waals surface area contributed by atoms with E-state index in [1.807, 2.05) is 6.20 Å². The minimum Gasteiger partial charge on any atom is -0.378 e. The van der Waals surface area contributed by atoms with Crippen LogP contribution < -0.4 is 0 Å². The summed E-state index contributed by atoms with van der Waals surface area (Å²) in [5.74, 6) is 0. The Bertz CT molecular complexity index is 665. The maximum absolute atomic E-state index is 4.02. The van der Waals surface area contributed by atoms with Crippen LogP contribution in [-0.2, 0) is 19.3 Å². The van der Waals surface area contributed by atoms with Crippen LogP contribution in [-0.4, -0.2) is 42.5 Å². The zero-order valence-electron chi connectivity index (χ0n) is 15.9. The molecule has 0 aliphatic carbocycles. The van der Waals surface area contributed by atoms with E-state index in [0.29, 0.717) is 0 Å². The van der Waals surface area contributed by atoms with Gasteiger partial charge in [0.25, 0.3) is 0 Å². The summed E-state index contributed by atoms with van der Waals surface area (Å²) >= 11 is 0. The number of hydrogen-bond acceptors (Lipinski definition) is 2. The molecule has 0 atom stereocenters. The molecule has 0 unspecified atom stereocenters. The minimum atomic E-state index is 1.07. The summed E-state index contributed by atoms with van der Waals surface area (Å²) in [6, 6.07) is 19.8. The van der Waals surface area contributed by atoms with Crippen LogP contribution in [0.2, 0.25) is 0 Å². The highest BCUT2D eigenvalue weighted by atomic mass is 15.1. The van der Waals surface area contributed by atoms with Crippen molar-refractivity contribution in [2.75, 3.05) is 32.7 Å². The molecule has 2 aromatic rings. The fourth-order valence-electron chi connectivity index (χ4n) is 3.86. The fraction of sp³-hybridized carbons (Fsp3) is 0.417. The first-order chi connectivity index (χ1) is 12.8. The summed E-state index contributed by atoms with van der Waals surface area (Å²) in [5, 5.41) is 0. The van der Waals surface area contributed by atoms with Gasteiger partial charge in [0.1, 0.15) is 0 Å². The van der Waals surface area contributed by atoms with E-state index in [2.05, 4.69) is 71.0 Å². The Kier molecular flexibility index (Phi) is 7.33. The van der Waals surface area contributed by atoms with Crippen molar-refractivity contribution in [1.82, 2.24) is 9.80 Å². The van der Waals surface area contributed by atoms with Crippen LogP contribution in [0.1, 0.15) is 29.5 Å². The molecule has 0 N–H and O–H groups in total. The molecule has 2 nitrogen and oxygen atoms in total. The molecule has 26 heavy (non-hydrogen) atoms. The van der Waals surface area contributed by atoms with Crippen molar-refractivity contribution >= 4 is 0 Å². The van der Waals surface area contributed by atoms with Gasteiger partial charge in [-0.2, -0.15) is 0 Å². The summed E-state index contributed by atoms with van der Waals surface area (Å²) in [5.41, 5.74) is 4.48. The van der Waals surface area contributed by atoms with Crippen LogP contribution in [0.25, 0.3) is 0 Å². The molecular weight excluding hydrogens is 316 g/mol. The summed E-state index contributed by atoms with van der Waals surface area (Å²) in [6.07, 6.45) is 7.93. The molecule has 1 aliphatic heterocycles. The standard InChI is InChI=1S/C24H32N2/c1-2-25-18-9-19-26(20-15-22-10-4-3-5-11-22)17-8-14-23-12-6-7-13-24(23)16-21-25/h2-7,10-13H,1,8-9,14-21H2.